The van der Waals surface area contributed by atoms with Gasteiger partial charge in [0.2, 0.25) is 0 Å². The number of anilines is 1. The number of carbonyl (C=O) groups excluding carboxylic acids is 1. The van der Waals surface area contributed by atoms with Crippen molar-refractivity contribution in [2.24, 2.45) is 0 Å². The maximum atomic E-state index is 14.3. The molecule has 0 bridgehead atoms. The first-order valence-electron chi connectivity index (χ1n) is 8.78. The Morgan fingerprint density at radius 3 is 2.85 bits per heavy atom. The molecule has 0 unspecified atom stereocenters. The molecule has 3 N–H and O–H groups in total. The fourth-order valence-electron chi connectivity index (χ4n) is 3.64. The maximum absolute atomic E-state index is 14.3. The molecule has 2 heterocycles. The number of aromatic nitrogens is 1. The summed E-state index contributed by atoms with van der Waals surface area (Å²) >= 11 is 1.25. The number of nitrogens with two attached hydrogens (primary N) is 1. The number of pyridine rings is 1. The topological polar surface area (TPSA) is 68.0 Å². The zero-order valence-electron chi connectivity index (χ0n) is 15.0. The summed E-state index contributed by atoms with van der Waals surface area (Å²) in [4.78, 5) is 18.3. The fourth-order valence-corrected chi connectivity index (χ4v) is 4.68. The van der Waals surface area contributed by atoms with Gasteiger partial charge in [0.15, 0.2) is 0 Å². The molecule has 0 spiro atoms. The molecule has 3 aromatic rings. The normalized spacial score (nSPS) is 16.4. The lowest BCUT2D eigenvalue weighted by atomic mass is 9.86. The van der Waals surface area contributed by atoms with Crippen molar-refractivity contribution in [3.63, 3.8) is 0 Å². The van der Waals surface area contributed by atoms with Gasteiger partial charge in [0, 0.05) is 17.1 Å². The fraction of sp³-hybridized carbons (Fsp3) is 0.300. The van der Waals surface area contributed by atoms with Crippen LogP contribution in [0.4, 0.5) is 14.5 Å². The highest BCUT2D eigenvalue weighted by Crippen LogP contribution is 2.33. The molecular weight excluding hydrogens is 368 g/mol. The molecule has 0 fully saturated rings. The second-order valence-corrected chi connectivity index (χ2v) is 8.01. The summed E-state index contributed by atoms with van der Waals surface area (Å²) in [5.41, 5.74) is 8.49. The molecule has 0 radical (unpaired) electrons. The Hall–Kier alpha value is -2.54. The molecule has 0 saturated carbocycles. The minimum absolute atomic E-state index is 0.263. The molecule has 0 aliphatic heterocycles. The van der Waals surface area contributed by atoms with E-state index in [9.17, 15) is 13.6 Å². The highest BCUT2D eigenvalue weighted by atomic mass is 32.1. The molecule has 0 saturated heterocycles. The average Bonchev–Trinajstić information content (AvgIpc) is 2.96. The number of nitrogen functional groups attached to an aromatic ring is 1. The van der Waals surface area contributed by atoms with Gasteiger partial charge in [-0.15, -0.1) is 11.3 Å². The highest BCUT2D eigenvalue weighted by Gasteiger charge is 2.27. The van der Waals surface area contributed by atoms with E-state index < -0.39 is 5.82 Å². The third kappa shape index (κ3) is 3.06. The van der Waals surface area contributed by atoms with Crippen LogP contribution in [0.3, 0.4) is 0 Å². The van der Waals surface area contributed by atoms with Crippen LogP contribution in [-0.4, -0.2) is 16.9 Å². The first-order chi connectivity index (χ1) is 12.8. The van der Waals surface area contributed by atoms with Crippen molar-refractivity contribution in [2.45, 2.75) is 39.2 Å². The summed E-state index contributed by atoms with van der Waals surface area (Å²) in [5, 5.41) is 3.69. The van der Waals surface area contributed by atoms with Crippen LogP contribution in [0.2, 0.25) is 0 Å². The van der Waals surface area contributed by atoms with Crippen LogP contribution in [0.1, 0.15) is 38.5 Å². The lowest BCUT2D eigenvalue weighted by Gasteiger charge is -2.26. The Morgan fingerprint density at radius 2 is 2.07 bits per heavy atom. The van der Waals surface area contributed by atoms with E-state index in [2.05, 4.69) is 10.3 Å². The number of rotatable bonds is 2. The SMILES string of the molecule is Cc1ccc2c(N)c(C(=O)N[C@H]3CCc4c(F)c(C)cc(F)c4C3)sc2n1. The first-order valence-corrected chi connectivity index (χ1v) is 9.59. The summed E-state index contributed by atoms with van der Waals surface area (Å²) in [6, 6.07) is 4.67. The van der Waals surface area contributed by atoms with Gasteiger partial charge >= 0.3 is 0 Å². The van der Waals surface area contributed by atoms with Crippen molar-refractivity contribution in [3.8, 4) is 0 Å². The van der Waals surface area contributed by atoms with Gasteiger partial charge in [0.05, 0.1) is 5.69 Å². The van der Waals surface area contributed by atoms with Crippen LogP contribution in [0.5, 0.6) is 0 Å². The number of hydrogen-bond acceptors (Lipinski definition) is 4. The number of aryl methyl sites for hydroxylation is 2. The summed E-state index contributed by atoms with van der Waals surface area (Å²) in [6.07, 6.45) is 1.22. The number of halogens is 2. The number of thiophene rings is 1. The minimum atomic E-state index is -0.413. The van der Waals surface area contributed by atoms with Crippen molar-refractivity contribution in [1.29, 1.82) is 0 Å². The predicted molar refractivity (Wildman–Crippen MR) is 103 cm³/mol. The second-order valence-electron chi connectivity index (χ2n) is 7.01. The Morgan fingerprint density at radius 1 is 1.30 bits per heavy atom. The van der Waals surface area contributed by atoms with E-state index in [0.29, 0.717) is 40.1 Å². The van der Waals surface area contributed by atoms with Gasteiger partial charge in [-0.25, -0.2) is 13.8 Å². The molecule has 4 rings (SSSR count). The minimum Gasteiger partial charge on any atom is -0.397 e. The summed E-state index contributed by atoms with van der Waals surface area (Å²) in [7, 11) is 0. The predicted octanol–water partition coefficient (Wildman–Crippen LogP) is 4.06. The second kappa shape index (κ2) is 6.56. The quantitative estimate of drug-likeness (QED) is 0.697. The van der Waals surface area contributed by atoms with E-state index >= 15 is 0 Å². The number of nitrogens with zero attached hydrogens (tertiary/aromatic N) is 1. The van der Waals surface area contributed by atoms with E-state index in [0.717, 1.165) is 15.9 Å². The number of benzene rings is 1. The molecule has 1 amide bonds. The van der Waals surface area contributed by atoms with Crippen molar-refractivity contribution in [1.82, 2.24) is 10.3 Å². The molecular formula is C20H19F2N3OS. The van der Waals surface area contributed by atoms with Crippen LogP contribution < -0.4 is 11.1 Å². The summed E-state index contributed by atoms with van der Waals surface area (Å²) in [6.45, 7) is 3.44. The molecule has 140 valence electrons. The summed E-state index contributed by atoms with van der Waals surface area (Å²) < 4.78 is 28.5. The van der Waals surface area contributed by atoms with Crippen molar-refractivity contribution in [3.05, 3.63) is 57.1 Å². The largest absolute Gasteiger partial charge is 0.397 e. The lowest BCUT2D eigenvalue weighted by molar-refractivity contribution is 0.0938. The van der Waals surface area contributed by atoms with Crippen LogP contribution in [0.15, 0.2) is 18.2 Å². The Balaban J connectivity index is 1.58. The Bertz CT molecular complexity index is 1080. The first kappa shape index (κ1) is 17.9. The van der Waals surface area contributed by atoms with Crippen LogP contribution in [0.25, 0.3) is 10.2 Å². The van der Waals surface area contributed by atoms with Crippen molar-refractivity contribution >= 4 is 33.1 Å². The van der Waals surface area contributed by atoms with E-state index in [-0.39, 0.29) is 24.2 Å². The monoisotopic (exact) mass is 387 g/mol. The maximum Gasteiger partial charge on any atom is 0.263 e. The van der Waals surface area contributed by atoms with Crippen molar-refractivity contribution < 1.29 is 13.6 Å². The van der Waals surface area contributed by atoms with Gasteiger partial charge in [0.25, 0.3) is 5.91 Å². The number of amides is 1. The molecule has 1 aromatic carbocycles. The highest BCUT2D eigenvalue weighted by molar-refractivity contribution is 7.21. The number of hydrogen-bond donors (Lipinski definition) is 2. The van der Waals surface area contributed by atoms with E-state index in [1.54, 1.807) is 6.92 Å². The zero-order chi connectivity index (χ0) is 19.3. The van der Waals surface area contributed by atoms with Crippen LogP contribution in [0, 0.1) is 25.5 Å². The Kier molecular flexibility index (Phi) is 4.34. The lowest BCUT2D eigenvalue weighted by Crippen LogP contribution is -2.39. The average molecular weight is 387 g/mol. The van der Waals surface area contributed by atoms with E-state index in [4.69, 9.17) is 5.73 Å². The molecule has 1 aliphatic carbocycles. The van der Waals surface area contributed by atoms with Gasteiger partial charge < -0.3 is 11.1 Å². The number of nitrogens with one attached hydrogen (secondary N) is 1. The molecule has 1 atom stereocenters. The van der Waals surface area contributed by atoms with Gasteiger partial charge in [-0.2, -0.15) is 0 Å². The third-order valence-electron chi connectivity index (χ3n) is 5.07. The van der Waals surface area contributed by atoms with Gasteiger partial charge in [-0.1, -0.05) is 0 Å². The van der Waals surface area contributed by atoms with Crippen LogP contribution in [-0.2, 0) is 12.8 Å². The van der Waals surface area contributed by atoms with E-state index in [1.807, 2.05) is 19.1 Å². The van der Waals surface area contributed by atoms with Gasteiger partial charge in [-0.3, -0.25) is 4.79 Å². The zero-order valence-corrected chi connectivity index (χ0v) is 15.8. The molecule has 27 heavy (non-hydrogen) atoms. The smallest absolute Gasteiger partial charge is 0.263 e. The van der Waals surface area contributed by atoms with Gasteiger partial charge in [0.1, 0.15) is 21.3 Å². The number of fused-ring (bicyclic) bond motifs is 2. The summed E-state index contributed by atoms with van der Waals surface area (Å²) in [5.74, 6) is -1.05. The third-order valence-corrected chi connectivity index (χ3v) is 6.19. The van der Waals surface area contributed by atoms with Gasteiger partial charge in [-0.05, 0) is 68.0 Å². The molecule has 7 heteroatoms. The Labute approximate surface area is 159 Å². The molecule has 4 nitrogen and oxygen atoms in total. The molecule has 2 aromatic heterocycles. The van der Waals surface area contributed by atoms with E-state index in [1.165, 1.54) is 17.4 Å². The van der Waals surface area contributed by atoms with Crippen LogP contribution >= 0.6 is 11.3 Å². The number of carbonyl (C=O) groups is 1. The van der Waals surface area contributed by atoms with Crippen molar-refractivity contribution in [2.75, 3.05) is 5.73 Å². The molecule has 1 aliphatic rings. The standard InChI is InChI=1S/C20H19F2N3OS/c1-9-7-15(21)14-8-11(4-6-12(14)16(9)22)25-19(26)18-17(23)13-5-3-10(2)24-20(13)27-18/h3,5,7,11H,4,6,8,23H2,1-2H3,(H,25,26)/t11-/m0/s1.